The second kappa shape index (κ2) is 9.30. The van der Waals surface area contributed by atoms with Gasteiger partial charge in [0.05, 0.1) is 29.3 Å². The van der Waals surface area contributed by atoms with E-state index in [4.69, 9.17) is 4.74 Å². The van der Waals surface area contributed by atoms with Gasteiger partial charge in [-0.25, -0.2) is 9.18 Å². The number of ether oxygens (including phenoxy) is 1. The minimum absolute atomic E-state index is 0.0850. The van der Waals surface area contributed by atoms with Crippen molar-refractivity contribution in [1.82, 2.24) is 4.57 Å². The fraction of sp³-hybridized carbons (Fsp3) is 0.182. The second-order valence-corrected chi connectivity index (χ2v) is 7.55. The second-order valence-electron chi connectivity index (χ2n) is 6.48. The highest BCUT2D eigenvalue weighted by Crippen LogP contribution is 2.29. The van der Waals surface area contributed by atoms with E-state index in [-0.39, 0.29) is 17.7 Å². The number of hydrogen-bond acceptors (Lipinski definition) is 4. The van der Waals surface area contributed by atoms with Crippen LogP contribution >= 0.6 is 11.3 Å². The smallest absolute Gasteiger partial charge is 0.416 e. The van der Waals surface area contributed by atoms with Gasteiger partial charge in [-0.05, 0) is 48.4 Å². The Hall–Kier alpha value is -3.20. The molecule has 0 aliphatic heterocycles. The van der Waals surface area contributed by atoms with Crippen LogP contribution in [0, 0.1) is 5.82 Å². The maximum absolute atomic E-state index is 13.2. The molecule has 0 saturated carbocycles. The first-order chi connectivity index (χ1) is 14.7. The summed E-state index contributed by atoms with van der Waals surface area (Å²) >= 11 is 1.01. The summed E-state index contributed by atoms with van der Waals surface area (Å²) in [5.41, 5.74) is -0.172. The summed E-state index contributed by atoms with van der Waals surface area (Å²) in [4.78, 5) is 24.9. The van der Waals surface area contributed by atoms with Gasteiger partial charge in [0, 0.05) is 0 Å². The zero-order chi connectivity index (χ0) is 22.6. The molecular formula is C22H17F4NO3S. The monoisotopic (exact) mass is 451 g/mol. The number of benzene rings is 2. The van der Waals surface area contributed by atoms with Crippen molar-refractivity contribution in [2.45, 2.75) is 19.6 Å². The van der Waals surface area contributed by atoms with Crippen molar-refractivity contribution in [2.24, 2.45) is 0 Å². The van der Waals surface area contributed by atoms with Gasteiger partial charge >= 0.3 is 12.1 Å². The summed E-state index contributed by atoms with van der Waals surface area (Å²) < 4.78 is 58.2. The minimum Gasteiger partial charge on any atom is -0.463 e. The van der Waals surface area contributed by atoms with Crippen molar-refractivity contribution in [3.63, 3.8) is 0 Å². The van der Waals surface area contributed by atoms with Crippen molar-refractivity contribution in [3.8, 4) is 0 Å². The van der Waals surface area contributed by atoms with E-state index < -0.39 is 29.1 Å². The van der Waals surface area contributed by atoms with Gasteiger partial charge in [0.15, 0.2) is 0 Å². The molecule has 3 rings (SSSR count). The Morgan fingerprint density at radius 3 is 2.32 bits per heavy atom. The summed E-state index contributed by atoms with van der Waals surface area (Å²) in [6, 6.07) is 9.96. The SMILES string of the molecule is CCOC(=O)/C=c1\s/c(=C/c2ccc(C(F)(F)F)cc2)c(=O)n1Cc1ccc(F)cc1. The van der Waals surface area contributed by atoms with Crippen molar-refractivity contribution in [1.29, 1.82) is 0 Å². The average Bonchev–Trinajstić information content (AvgIpc) is 2.98. The van der Waals surface area contributed by atoms with Crippen LogP contribution in [0.1, 0.15) is 23.6 Å². The normalized spacial score (nSPS) is 12.9. The van der Waals surface area contributed by atoms with E-state index in [2.05, 4.69) is 0 Å². The Morgan fingerprint density at radius 1 is 1.10 bits per heavy atom. The van der Waals surface area contributed by atoms with Crippen LogP contribution in [-0.4, -0.2) is 17.1 Å². The summed E-state index contributed by atoms with van der Waals surface area (Å²) in [5.74, 6) is -1.05. The molecule has 162 valence electrons. The van der Waals surface area contributed by atoms with Gasteiger partial charge in [0.1, 0.15) is 10.5 Å². The van der Waals surface area contributed by atoms with Gasteiger partial charge in [-0.2, -0.15) is 13.2 Å². The van der Waals surface area contributed by atoms with E-state index in [1.54, 1.807) is 6.92 Å². The van der Waals surface area contributed by atoms with Crippen LogP contribution in [0.3, 0.4) is 0 Å². The van der Waals surface area contributed by atoms with Crippen LogP contribution in [0.4, 0.5) is 17.6 Å². The fourth-order valence-electron chi connectivity index (χ4n) is 2.77. The van der Waals surface area contributed by atoms with Gasteiger partial charge < -0.3 is 4.74 Å². The Kier molecular flexibility index (Phi) is 6.74. The molecule has 0 radical (unpaired) electrons. The highest BCUT2D eigenvalue weighted by Gasteiger charge is 2.29. The van der Waals surface area contributed by atoms with Crippen LogP contribution in [-0.2, 0) is 22.3 Å². The summed E-state index contributed by atoms with van der Waals surface area (Å²) in [5, 5.41) is 0. The number of carbonyl (C=O) groups excluding carboxylic acids is 1. The molecular weight excluding hydrogens is 434 g/mol. The lowest BCUT2D eigenvalue weighted by molar-refractivity contribution is -0.137. The van der Waals surface area contributed by atoms with Crippen LogP contribution in [0.5, 0.6) is 0 Å². The maximum Gasteiger partial charge on any atom is 0.416 e. The lowest BCUT2D eigenvalue weighted by atomic mass is 10.1. The number of thiazole rings is 1. The zero-order valence-corrected chi connectivity index (χ0v) is 17.1. The summed E-state index contributed by atoms with van der Waals surface area (Å²) in [6.07, 6.45) is -1.81. The standard InChI is InChI=1S/C22H17F4NO3S/c1-2-30-20(28)12-19-27(13-15-5-9-17(23)10-6-15)21(29)18(31-19)11-14-3-7-16(8-4-14)22(24,25)26/h3-12H,2,13H2,1H3/b18-11+,19-12-. The van der Waals surface area contributed by atoms with Crippen LogP contribution < -0.4 is 14.8 Å². The molecule has 0 aliphatic carbocycles. The first kappa shape index (κ1) is 22.5. The lowest BCUT2D eigenvalue weighted by Gasteiger charge is -2.05. The van der Waals surface area contributed by atoms with Crippen molar-refractivity contribution in [2.75, 3.05) is 6.61 Å². The molecule has 0 spiro atoms. The minimum atomic E-state index is -4.45. The molecule has 0 aliphatic rings. The Bertz CT molecular complexity index is 1240. The number of hydrogen-bond donors (Lipinski definition) is 0. The van der Waals surface area contributed by atoms with E-state index in [1.807, 2.05) is 0 Å². The predicted octanol–water partition coefficient (Wildman–Crippen LogP) is 3.29. The first-order valence-corrected chi connectivity index (χ1v) is 10.0. The fourth-order valence-corrected chi connectivity index (χ4v) is 3.80. The number of nitrogens with zero attached hydrogens (tertiary/aromatic N) is 1. The van der Waals surface area contributed by atoms with Crippen molar-refractivity contribution >= 4 is 29.5 Å². The Balaban J connectivity index is 2.08. The molecule has 2 aromatic carbocycles. The Morgan fingerprint density at radius 2 is 1.74 bits per heavy atom. The Labute approximate surface area is 178 Å². The maximum atomic E-state index is 13.2. The highest BCUT2D eigenvalue weighted by molar-refractivity contribution is 7.07. The molecule has 4 nitrogen and oxygen atoms in total. The first-order valence-electron chi connectivity index (χ1n) is 9.19. The van der Waals surface area contributed by atoms with Gasteiger partial charge in [-0.1, -0.05) is 24.3 Å². The highest BCUT2D eigenvalue weighted by atomic mass is 32.1. The summed E-state index contributed by atoms with van der Waals surface area (Å²) in [6.45, 7) is 1.89. The van der Waals surface area contributed by atoms with Gasteiger partial charge in [0.25, 0.3) is 5.56 Å². The molecule has 3 aromatic rings. The van der Waals surface area contributed by atoms with E-state index in [0.717, 1.165) is 23.5 Å². The zero-order valence-electron chi connectivity index (χ0n) is 16.3. The number of alkyl halides is 3. The number of aromatic nitrogens is 1. The lowest BCUT2D eigenvalue weighted by Crippen LogP contribution is -2.32. The molecule has 0 saturated heterocycles. The quantitative estimate of drug-likeness (QED) is 0.442. The number of rotatable bonds is 5. The number of esters is 1. The predicted molar refractivity (Wildman–Crippen MR) is 109 cm³/mol. The molecule has 0 atom stereocenters. The van der Waals surface area contributed by atoms with E-state index in [1.165, 1.54) is 53.1 Å². The van der Waals surface area contributed by atoms with Gasteiger partial charge in [-0.15, -0.1) is 11.3 Å². The molecule has 1 aromatic heterocycles. The molecule has 9 heteroatoms. The molecule has 0 bridgehead atoms. The third kappa shape index (κ3) is 5.69. The molecule has 0 N–H and O–H groups in total. The van der Waals surface area contributed by atoms with Gasteiger partial charge in [-0.3, -0.25) is 9.36 Å². The van der Waals surface area contributed by atoms with Gasteiger partial charge in [0.2, 0.25) is 0 Å². The third-order valence-electron chi connectivity index (χ3n) is 4.25. The largest absolute Gasteiger partial charge is 0.463 e. The van der Waals surface area contributed by atoms with Crippen molar-refractivity contribution in [3.05, 3.63) is 90.6 Å². The number of carbonyl (C=O) groups is 1. The van der Waals surface area contributed by atoms with Crippen molar-refractivity contribution < 1.29 is 27.1 Å². The molecule has 0 fully saturated rings. The van der Waals surface area contributed by atoms with E-state index in [0.29, 0.717) is 15.8 Å². The number of halogens is 4. The molecule has 0 unspecified atom stereocenters. The van der Waals surface area contributed by atoms with E-state index >= 15 is 0 Å². The summed E-state index contributed by atoms with van der Waals surface area (Å²) in [7, 11) is 0. The molecule has 1 heterocycles. The molecule has 31 heavy (non-hydrogen) atoms. The topological polar surface area (TPSA) is 48.3 Å². The molecule has 0 amide bonds. The third-order valence-corrected chi connectivity index (χ3v) is 5.31. The van der Waals surface area contributed by atoms with Crippen LogP contribution in [0.15, 0.2) is 53.3 Å². The van der Waals surface area contributed by atoms with Crippen LogP contribution in [0.25, 0.3) is 12.2 Å². The van der Waals surface area contributed by atoms with Crippen LogP contribution in [0.2, 0.25) is 0 Å². The van der Waals surface area contributed by atoms with E-state index in [9.17, 15) is 27.2 Å². The average molecular weight is 451 g/mol.